The zero-order chi connectivity index (χ0) is 18.9. The Labute approximate surface area is 154 Å². The molecule has 26 heavy (non-hydrogen) atoms. The molecule has 0 radical (unpaired) electrons. The summed E-state index contributed by atoms with van der Waals surface area (Å²) < 4.78 is 0. The third-order valence-electron chi connectivity index (χ3n) is 3.98. The molecular weight excluding hydrogens is 328 g/mol. The van der Waals surface area contributed by atoms with Crippen molar-refractivity contribution in [3.8, 4) is 0 Å². The molecule has 1 aromatic heterocycles. The van der Waals surface area contributed by atoms with Crippen LogP contribution in [-0.2, 0) is 6.42 Å². The Kier molecular flexibility index (Phi) is 7.29. The number of nitrogens with zero attached hydrogens (tertiary/aromatic N) is 2. The quantitative estimate of drug-likeness (QED) is 0.715. The van der Waals surface area contributed by atoms with Gasteiger partial charge >= 0.3 is 0 Å². The van der Waals surface area contributed by atoms with Crippen molar-refractivity contribution in [2.45, 2.75) is 19.8 Å². The molecule has 0 bridgehead atoms. The van der Waals surface area contributed by atoms with Gasteiger partial charge in [0.15, 0.2) is 0 Å². The summed E-state index contributed by atoms with van der Waals surface area (Å²) >= 11 is 0. The largest absolute Gasteiger partial charge is 0.352 e. The molecule has 1 aromatic carbocycles. The summed E-state index contributed by atoms with van der Waals surface area (Å²) in [4.78, 5) is 30.8. The summed E-state index contributed by atoms with van der Waals surface area (Å²) in [7, 11) is 3.98. The van der Waals surface area contributed by atoms with Crippen molar-refractivity contribution in [2.75, 3.05) is 32.5 Å². The molecule has 2 N–H and O–H groups in total. The van der Waals surface area contributed by atoms with Gasteiger partial charge in [-0.15, -0.1) is 0 Å². The molecule has 2 amide bonds. The second-order valence-electron chi connectivity index (χ2n) is 6.34. The van der Waals surface area contributed by atoms with Crippen LogP contribution in [-0.4, -0.2) is 48.9 Å². The van der Waals surface area contributed by atoms with Gasteiger partial charge in [-0.2, -0.15) is 0 Å². The van der Waals surface area contributed by atoms with Crippen molar-refractivity contribution in [3.63, 3.8) is 0 Å². The molecule has 1 heterocycles. The van der Waals surface area contributed by atoms with Gasteiger partial charge in [-0.25, -0.2) is 0 Å². The number of rotatable bonds is 8. The fraction of sp³-hybridized carbons (Fsp3) is 0.350. The van der Waals surface area contributed by atoms with Crippen molar-refractivity contribution in [1.29, 1.82) is 0 Å². The van der Waals surface area contributed by atoms with Gasteiger partial charge < -0.3 is 15.5 Å². The van der Waals surface area contributed by atoms with E-state index in [4.69, 9.17) is 0 Å². The molecule has 138 valence electrons. The number of hydrogen-bond donors (Lipinski definition) is 2. The smallest absolute Gasteiger partial charge is 0.257 e. The first-order valence-corrected chi connectivity index (χ1v) is 8.78. The minimum atomic E-state index is -0.277. The summed E-state index contributed by atoms with van der Waals surface area (Å²) in [6, 6.07) is 9.23. The van der Waals surface area contributed by atoms with E-state index in [1.54, 1.807) is 6.07 Å². The SMILES string of the molecule is CCc1ccccc1NC(=O)c1cncc(C(=O)NCCCN(C)C)c1. The molecule has 0 saturated heterocycles. The van der Waals surface area contributed by atoms with Crippen LogP contribution in [0.25, 0.3) is 0 Å². The van der Waals surface area contributed by atoms with Crippen LogP contribution >= 0.6 is 0 Å². The number of nitrogens with one attached hydrogen (secondary N) is 2. The number of hydrogen-bond acceptors (Lipinski definition) is 4. The number of carbonyl (C=O) groups is 2. The molecule has 0 aliphatic carbocycles. The van der Waals surface area contributed by atoms with Gasteiger partial charge in [0.05, 0.1) is 11.1 Å². The normalized spacial score (nSPS) is 10.6. The molecule has 0 fully saturated rings. The maximum Gasteiger partial charge on any atom is 0.257 e. The van der Waals surface area contributed by atoms with E-state index in [1.165, 1.54) is 12.4 Å². The molecule has 6 heteroatoms. The van der Waals surface area contributed by atoms with Gasteiger partial charge in [-0.05, 0) is 51.2 Å². The van der Waals surface area contributed by atoms with Crippen LogP contribution in [0.5, 0.6) is 0 Å². The number of para-hydroxylation sites is 1. The van der Waals surface area contributed by atoms with Crippen molar-refractivity contribution in [3.05, 3.63) is 59.4 Å². The fourth-order valence-electron chi connectivity index (χ4n) is 2.53. The highest BCUT2D eigenvalue weighted by Crippen LogP contribution is 2.16. The first-order chi connectivity index (χ1) is 12.5. The lowest BCUT2D eigenvalue weighted by atomic mass is 10.1. The second-order valence-corrected chi connectivity index (χ2v) is 6.34. The van der Waals surface area contributed by atoms with Gasteiger partial charge in [0.1, 0.15) is 0 Å². The number of amides is 2. The maximum absolute atomic E-state index is 12.5. The highest BCUT2D eigenvalue weighted by molar-refractivity contribution is 6.06. The first kappa shape index (κ1) is 19.6. The standard InChI is InChI=1S/C20H26N4O2/c1-4-15-8-5-6-9-18(15)23-20(26)17-12-16(13-21-14-17)19(25)22-10-7-11-24(2)3/h5-6,8-9,12-14H,4,7,10-11H2,1-3H3,(H,22,25)(H,23,26). The minimum Gasteiger partial charge on any atom is -0.352 e. The third-order valence-corrected chi connectivity index (χ3v) is 3.98. The highest BCUT2D eigenvalue weighted by Gasteiger charge is 2.12. The number of pyridine rings is 1. The number of aryl methyl sites for hydroxylation is 1. The van der Waals surface area contributed by atoms with Crippen molar-refractivity contribution in [1.82, 2.24) is 15.2 Å². The number of aromatic nitrogens is 1. The average molecular weight is 354 g/mol. The molecule has 0 aliphatic heterocycles. The van der Waals surface area contributed by atoms with Crippen LogP contribution in [0, 0.1) is 0 Å². The lowest BCUT2D eigenvalue weighted by Crippen LogP contribution is -2.27. The first-order valence-electron chi connectivity index (χ1n) is 8.78. The summed E-state index contributed by atoms with van der Waals surface area (Å²) in [5.74, 6) is -0.500. The number of carbonyl (C=O) groups excluding carboxylic acids is 2. The zero-order valence-corrected chi connectivity index (χ0v) is 15.6. The van der Waals surface area contributed by atoms with Gasteiger partial charge in [-0.3, -0.25) is 14.6 Å². The number of benzene rings is 1. The van der Waals surface area contributed by atoms with Gasteiger partial charge in [0, 0.05) is 24.6 Å². The Hall–Kier alpha value is -2.73. The van der Waals surface area contributed by atoms with Crippen molar-refractivity contribution in [2.24, 2.45) is 0 Å². The summed E-state index contributed by atoms with van der Waals surface area (Å²) in [6.45, 7) is 3.52. The van der Waals surface area contributed by atoms with Crippen LogP contribution in [0.15, 0.2) is 42.7 Å². The lowest BCUT2D eigenvalue weighted by Gasteiger charge is -2.11. The van der Waals surface area contributed by atoms with Gasteiger partial charge in [0.2, 0.25) is 0 Å². The summed E-state index contributed by atoms with van der Waals surface area (Å²) in [6.07, 6.45) is 4.62. The molecule has 2 rings (SSSR count). The minimum absolute atomic E-state index is 0.222. The van der Waals surface area contributed by atoms with Crippen LogP contribution < -0.4 is 10.6 Å². The zero-order valence-electron chi connectivity index (χ0n) is 15.6. The van der Waals surface area contributed by atoms with Crippen LogP contribution in [0.1, 0.15) is 39.6 Å². The predicted octanol–water partition coefficient (Wildman–Crippen LogP) is 2.58. The van der Waals surface area contributed by atoms with E-state index in [9.17, 15) is 9.59 Å². The summed E-state index contributed by atoms with van der Waals surface area (Å²) in [5.41, 5.74) is 2.57. The maximum atomic E-state index is 12.5. The topological polar surface area (TPSA) is 74.3 Å². The predicted molar refractivity (Wildman–Crippen MR) is 104 cm³/mol. The molecule has 0 atom stereocenters. The average Bonchev–Trinajstić information content (AvgIpc) is 2.65. The molecule has 2 aromatic rings. The Morgan fingerprint density at radius 2 is 1.77 bits per heavy atom. The van der Waals surface area contributed by atoms with E-state index in [0.717, 1.165) is 30.6 Å². The lowest BCUT2D eigenvalue weighted by molar-refractivity contribution is 0.0952. The molecule has 0 unspecified atom stereocenters. The third kappa shape index (κ3) is 5.67. The van der Waals surface area contributed by atoms with Crippen LogP contribution in [0.3, 0.4) is 0 Å². The number of anilines is 1. The van der Waals surface area contributed by atoms with E-state index in [2.05, 4.69) is 20.5 Å². The molecule has 6 nitrogen and oxygen atoms in total. The van der Waals surface area contributed by atoms with E-state index in [-0.39, 0.29) is 11.8 Å². The monoisotopic (exact) mass is 354 g/mol. The highest BCUT2D eigenvalue weighted by atomic mass is 16.2. The van der Waals surface area contributed by atoms with Gasteiger partial charge in [-0.1, -0.05) is 25.1 Å². The molecule has 0 spiro atoms. The Bertz CT molecular complexity index is 759. The second kappa shape index (κ2) is 9.68. The van der Waals surface area contributed by atoms with E-state index >= 15 is 0 Å². The van der Waals surface area contributed by atoms with Crippen molar-refractivity contribution >= 4 is 17.5 Å². The van der Waals surface area contributed by atoms with Gasteiger partial charge in [0.25, 0.3) is 11.8 Å². The molecular formula is C20H26N4O2. The molecule has 0 aliphatic rings. The van der Waals surface area contributed by atoms with Crippen molar-refractivity contribution < 1.29 is 9.59 Å². The Morgan fingerprint density at radius 3 is 2.46 bits per heavy atom. The fourth-order valence-corrected chi connectivity index (χ4v) is 2.53. The summed E-state index contributed by atoms with van der Waals surface area (Å²) in [5, 5.41) is 5.74. The van der Waals surface area contributed by atoms with E-state index < -0.39 is 0 Å². The van der Waals surface area contributed by atoms with E-state index in [1.807, 2.05) is 45.3 Å². The van der Waals surface area contributed by atoms with Crippen LogP contribution in [0.4, 0.5) is 5.69 Å². The van der Waals surface area contributed by atoms with E-state index in [0.29, 0.717) is 17.7 Å². The Balaban J connectivity index is 2.01. The van der Waals surface area contributed by atoms with Crippen LogP contribution in [0.2, 0.25) is 0 Å². The Morgan fingerprint density at radius 1 is 1.08 bits per heavy atom. The molecule has 0 saturated carbocycles.